The number of carbonyl (C=O) groups is 2. The molecule has 1 heterocycles. The van der Waals surface area contributed by atoms with Gasteiger partial charge >= 0.3 is 12.1 Å². The molecular weight excluding hydrogens is 327 g/mol. The van der Waals surface area contributed by atoms with E-state index in [1.165, 1.54) is 24.5 Å². The van der Waals surface area contributed by atoms with Crippen molar-refractivity contribution in [1.29, 1.82) is 0 Å². The van der Waals surface area contributed by atoms with E-state index in [0.29, 0.717) is 0 Å². The van der Waals surface area contributed by atoms with E-state index in [9.17, 15) is 22.8 Å². The Bertz CT molecular complexity index is 690. The van der Waals surface area contributed by atoms with Crippen LogP contribution in [0.25, 0.3) is 0 Å². The van der Waals surface area contributed by atoms with Crippen LogP contribution in [0, 0.1) is 0 Å². The number of rotatable bonds is 4. The Hall–Kier alpha value is -2.61. The highest BCUT2D eigenvalue weighted by Gasteiger charge is 2.35. The van der Waals surface area contributed by atoms with Crippen LogP contribution in [0.15, 0.2) is 47.8 Å². The maximum Gasteiger partial charge on any atom is 0.416 e. The summed E-state index contributed by atoms with van der Waals surface area (Å²) in [5.41, 5.74) is -0.870. The smallest absolute Gasteiger partial charge is 0.416 e. The second-order valence-electron chi connectivity index (χ2n) is 5.00. The van der Waals surface area contributed by atoms with Crippen LogP contribution in [0.4, 0.5) is 13.2 Å². The molecule has 1 aromatic carbocycles. The van der Waals surface area contributed by atoms with E-state index in [2.05, 4.69) is 10.1 Å². The van der Waals surface area contributed by atoms with E-state index in [1.807, 2.05) is 0 Å². The molecule has 1 aromatic rings. The van der Waals surface area contributed by atoms with Crippen LogP contribution in [-0.2, 0) is 20.5 Å². The number of dihydropyridines is 1. The maximum absolute atomic E-state index is 12.9. The molecule has 0 aromatic heterocycles. The highest BCUT2D eigenvalue weighted by molar-refractivity contribution is 6.02. The van der Waals surface area contributed by atoms with Crippen LogP contribution < -0.4 is 5.32 Å². The molecule has 1 atom stereocenters. The Labute approximate surface area is 135 Å². The van der Waals surface area contributed by atoms with E-state index in [0.717, 1.165) is 19.2 Å². The molecule has 0 saturated heterocycles. The summed E-state index contributed by atoms with van der Waals surface area (Å²) in [4.78, 5) is 23.9. The minimum Gasteiger partial charge on any atom is -0.466 e. The van der Waals surface area contributed by atoms with Crippen LogP contribution in [0.3, 0.4) is 0 Å². The summed E-state index contributed by atoms with van der Waals surface area (Å²) in [6.07, 6.45) is -2.07. The molecule has 0 fully saturated rings. The van der Waals surface area contributed by atoms with Crippen molar-refractivity contribution in [3.05, 3.63) is 58.9 Å². The molecule has 1 unspecified atom stereocenters. The molecule has 24 heavy (non-hydrogen) atoms. The Morgan fingerprint density at radius 2 is 1.92 bits per heavy atom. The summed E-state index contributed by atoms with van der Waals surface area (Å²) in [6, 6.07) is 4.32. The van der Waals surface area contributed by atoms with Gasteiger partial charge in [-0.15, -0.1) is 0 Å². The molecule has 0 amide bonds. The zero-order chi connectivity index (χ0) is 17.9. The molecule has 128 valence electrons. The predicted molar refractivity (Wildman–Crippen MR) is 77.6 cm³/mol. The lowest BCUT2D eigenvalue weighted by molar-refractivity contribution is -0.137. The first-order valence-electron chi connectivity index (χ1n) is 6.85. The summed E-state index contributed by atoms with van der Waals surface area (Å²) < 4.78 is 43.4. The van der Waals surface area contributed by atoms with Crippen molar-refractivity contribution in [1.82, 2.24) is 5.32 Å². The van der Waals surface area contributed by atoms with Crippen LogP contribution in [0.1, 0.15) is 17.0 Å². The molecule has 5 nitrogen and oxygen atoms in total. The van der Waals surface area contributed by atoms with E-state index in [4.69, 9.17) is 5.11 Å². The van der Waals surface area contributed by atoms with Crippen LogP contribution in [0.2, 0.25) is 0 Å². The lowest BCUT2D eigenvalue weighted by Gasteiger charge is -2.25. The highest BCUT2D eigenvalue weighted by atomic mass is 19.4. The van der Waals surface area contributed by atoms with Crippen molar-refractivity contribution in [3.63, 3.8) is 0 Å². The molecule has 8 heteroatoms. The number of halogens is 3. The number of methoxy groups -OCH3 is 1. The van der Waals surface area contributed by atoms with E-state index in [1.54, 1.807) is 0 Å². The number of hydrogen-bond acceptors (Lipinski definition) is 5. The number of Topliss-reactive ketones (excluding diaryl/α,β-unsaturated/α-hetero) is 1. The zero-order valence-corrected chi connectivity index (χ0v) is 12.6. The van der Waals surface area contributed by atoms with Gasteiger partial charge in [0.05, 0.1) is 18.2 Å². The van der Waals surface area contributed by atoms with Crippen molar-refractivity contribution < 1.29 is 32.6 Å². The quantitative estimate of drug-likeness (QED) is 0.818. The number of ketones is 1. The third kappa shape index (κ3) is 3.48. The molecule has 1 aliphatic rings. The fourth-order valence-electron chi connectivity index (χ4n) is 2.44. The summed E-state index contributed by atoms with van der Waals surface area (Å²) in [6.45, 7) is -0.836. The third-order valence-electron chi connectivity index (χ3n) is 3.53. The lowest BCUT2D eigenvalue weighted by atomic mass is 9.81. The second kappa shape index (κ2) is 6.88. The van der Waals surface area contributed by atoms with Gasteiger partial charge in [-0.2, -0.15) is 13.2 Å². The number of aliphatic hydroxyl groups excluding tert-OH is 1. The van der Waals surface area contributed by atoms with Crippen LogP contribution >= 0.6 is 0 Å². The lowest BCUT2D eigenvalue weighted by Crippen LogP contribution is -2.27. The fourth-order valence-corrected chi connectivity index (χ4v) is 2.44. The van der Waals surface area contributed by atoms with E-state index >= 15 is 0 Å². The number of nitrogens with one attached hydrogen (secondary N) is 1. The maximum atomic E-state index is 12.9. The largest absolute Gasteiger partial charge is 0.466 e. The summed E-state index contributed by atoms with van der Waals surface area (Å²) in [7, 11) is 1.12. The van der Waals surface area contributed by atoms with Gasteiger partial charge in [-0.05, 0) is 11.6 Å². The number of alkyl halides is 3. The Morgan fingerprint density at radius 1 is 1.25 bits per heavy atom. The van der Waals surface area contributed by atoms with Gasteiger partial charge in [0.15, 0.2) is 5.78 Å². The summed E-state index contributed by atoms with van der Waals surface area (Å²) >= 11 is 0. The number of aliphatic hydroxyl groups is 1. The van der Waals surface area contributed by atoms with E-state index < -0.39 is 36.0 Å². The Balaban J connectivity index is 2.56. The SMILES string of the molecule is COC(=O)C1=CNC=C(C(=O)CO)C1c1cccc(C(F)(F)F)c1. The molecular formula is C16H14F3NO4. The molecule has 2 N–H and O–H groups in total. The van der Waals surface area contributed by atoms with Gasteiger partial charge in [-0.3, -0.25) is 4.79 Å². The van der Waals surface area contributed by atoms with Gasteiger partial charge in [0, 0.05) is 23.9 Å². The molecule has 0 bridgehead atoms. The van der Waals surface area contributed by atoms with Crippen LogP contribution in [0.5, 0.6) is 0 Å². The summed E-state index contributed by atoms with van der Waals surface area (Å²) in [5.74, 6) is -2.57. The molecule has 0 saturated carbocycles. The molecule has 0 spiro atoms. The fraction of sp³-hybridized carbons (Fsp3) is 0.250. The Kier molecular flexibility index (Phi) is 5.08. The van der Waals surface area contributed by atoms with Crippen molar-refractivity contribution >= 4 is 11.8 Å². The van der Waals surface area contributed by atoms with Gasteiger partial charge < -0.3 is 15.2 Å². The molecule has 0 radical (unpaired) electrons. The van der Waals surface area contributed by atoms with Gasteiger partial charge in [-0.25, -0.2) is 4.79 Å². The van der Waals surface area contributed by atoms with Crippen molar-refractivity contribution in [2.24, 2.45) is 0 Å². The standard InChI is InChI=1S/C16H14F3NO4/c1-24-15(23)12-7-20-6-11(13(22)8-21)14(12)9-3-2-4-10(5-9)16(17,18)19/h2-7,14,20-21H,8H2,1H3. The minimum absolute atomic E-state index is 0.0280. The van der Waals surface area contributed by atoms with Crippen molar-refractivity contribution in [3.8, 4) is 0 Å². The first-order chi connectivity index (χ1) is 11.3. The van der Waals surface area contributed by atoms with Gasteiger partial charge in [0.2, 0.25) is 0 Å². The van der Waals surface area contributed by atoms with Crippen molar-refractivity contribution in [2.75, 3.05) is 13.7 Å². The van der Waals surface area contributed by atoms with Crippen LogP contribution in [-0.4, -0.2) is 30.6 Å². The predicted octanol–water partition coefficient (Wildman–Crippen LogP) is 1.89. The number of hydrogen-bond donors (Lipinski definition) is 2. The number of carbonyl (C=O) groups excluding carboxylic acids is 2. The average Bonchev–Trinajstić information content (AvgIpc) is 2.59. The highest BCUT2D eigenvalue weighted by Crippen LogP contribution is 2.37. The number of esters is 1. The van der Waals surface area contributed by atoms with E-state index in [-0.39, 0.29) is 16.7 Å². The Morgan fingerprint density at radius 3 is 2.50 bits per heavy atom. The normalized spacial score (nSPS) is 17.5. The van der Waals surface area contributed by atoms with Gasteiger partial charge in [-0.1, -0.05) is 18.2 Å². The second-order valence-corrected chi connectivity index (χ2v) is 5.00. The zero-order valence-electron chi connectivity index (χ0n) is 12.6. The number of ether oxygens (including phenoxy) is 1. The topological polar surface area (TPSA) is 75.6 Å². The third-order valence-corrected chi connectivity index (χ3v) is 3.53. The van der Waals surface area contributed by atoms with Gasteiger partial charge in [0.1, 0.15) is 6.61 Å². The minimum atomic E-state index is -4.57. The van der Waals surface area contributed by atoms with Crippen molar-refractivity contribution in [2.45, 2.75) is 12.1 Å². The first kappa shape index (κ1) is 17.7. The molecule has 2 rings (SSSR count). The number of benzene rings is 1. The first-order valence-corrected chi connectivity index (χ1v) is 6.85. The molecule has 1 aliphatic heterocycles. The summed E-state index contributed by atoms with van der Waals surface area (Å²) in [5, 5.41) is 11.7. The average molecular weight is 341 g/mol. The molecule has 0 aliphatic carbocycles. The van der Waals surface area contributed by atoms with Gasteiger partial charge in [0.25, 0.3) is 0 Å². The monoisotopic (exact) mass is 341 g/mol.